The molecule has 0 aliphatic heterocycles. The van der Waals surface area contributed by atoms with Gasteiger partial charge in [0.1, 0.15) is 5.78 Å². The van der Waals surface area contributed by atoms with Gasteiger partial charge in [-0.05, 0) is 37.2 Å². The fraction of sp³-hybridized carbons (Fsp3) is 0.520. The van der Waals surface area contributed by atoms with Gasteiger partial charge in [-0.3, -0.25) is 9.59 Å². The van der Waals surface area contributed by atoms with E-state index in [1.807, 2.05) is 57.2 Å². The lowest BCUT2D eigenvalue weighted by Gasteiger charge is -2.54. The number of hydrogen-bond donors (Lipinski definition) is 1. The van der Waals surface area contributed by atoms with Crippen molar-refractivity contribution in [2.24, 2.45) is 34.5 Å². The Morgan fingerprint density at radius 2 is 1.75 bits per heavy atom. The number of carboxylic acid groups (broad SMARTS) is 1. The Balaban J connectivity index is 2.25. The van der Waals surface area contributed by atoms with Gasteiger partial charge in [0.05, 0.1) is 5.41 Å². The molecular formula is C25H32O3. The maximum absolute atomic E-state index is 12.9. The van der Waals surface area contributed by atoms with E-state index in [1.165, 1.54) is 5.57 Å². The molecule has 1 aromatic rings. The average Bonchev–Trinajstić information content (AvgIpc) is 2.92. The summed E-state index contributed by atoms with van der Waals surface area (Å²) in [5, 5.41) is 10.6. The molecule has 1 fully saturated rings. The number of hydrogen-bond acceptors (Lipinski definition) is 2. The molecule has 1 aromatic carbocycles. The van der Waals surface area contributed by atoms with Gasteiger partial charge in [-0.15, -0.1) is 0 Å². The minimum Gasteiger partial charge on any atom is -0.481 e. The Morgan fingerprint density at radius 3 is 2.29 bits per heavy atom. The van der Waals surface area contributed by atoms with Gasteiger partial charge in [-0.25, -0.2) is 0 Å². The minimum atomic E-state index is -0.989. The molecule has 0 radical (unpaired) electrons. The molecule has 1 N–H and O–H groups in total. The molecule has 0 bridgehead atoms. The van der Waals surface area contributed by atoms with Crippen molar-refractivity contribution >= 4 is 17.8 Å². The highest BCUT2D eigenvalue weighted by molar-refractivity contribution is 5.89. The third kappa shape index (κ3) is 2.70. The van der Waals surface area contributed by atoms with Crippen LogP contribution in [0.25, 0.3) is 6.08 Å². The van der Waals surface area contributed by atoms with Crippen molar-refractivity contribution in [1.29, 1.82) is 0 Å². The molecule has 28 heavy (non-hydrogen) atoms. The molecule has 2 aliphatic rings. The Morgan fingerprint density at radius 1 is 1.11 bits per heavy atom. The van der Waals surface area contributed by atoms with Crippen LogP contribution in [0.4, 0.5) is 0 Å². The Labute approximate surface area is 168 Å². The second-order valence-corrected chi connectivity index (χ2v) is 8.69. The number of benzene rings is 1. The van der Waals surface area contributed by atoms with E-state index in [0.29, 0.717) is 12.8 Å². The van der Waals surface area contributed by atoms with Crippen LogP contribution in [0.1, 0.15) is 53.0 Å². The highest BCUT2D eigenvalue weighted by Gasteiger charge is 2.66. The van der Waals surface area contributed by atoms with E-state index in [4.69, 9.17) is 0 Å². The molecule has 0 aromatic heterocycles. The van der Waals surface area contributed by atoms with E-state index < -0.39 is 16.8 Å². The zero-order chi connectivity index (χ0) is 20.7. The normalized spacial score (nSPS) is 37.8. The molecule has 0 saturated heterocycles. The van der Waals surface area contributed by atoms with Crippen LogP contribution in [0.3, 0.4) is 0 Å². The van der Waals surface area contributed by atoms with Crippen molar-refractivity contribution < 1.29 is 14.7 Å². The summed E-state index contributed by atoms with van der Waals surface area (Å²) < 4.78 is 0. The van der Waals surface area contributed by atoms with Gasteiger partial charge in [-0.2, -0.15) is 0 Å². The monoisotopic (exact) mass is 380 g/mol. The molecule has 2 aliphatic carbocycles. The van der Waals surface area contributed by atoms with Crippen molar-refractivity contribution in [3.63, 3.8) is 0 Å². The van der Waals surface area contributed by atoms with Gasteiger partial charge in [0, 0.05) is 17.3 Å². The van der Waals surface area contributed by atoms with Crippen LogP contribution >= 0.6 is 0 Å². The summed E-state index contributed by atoms with van der Waals surface area (Å²) in [6, 6.07) is 10.0. The zero-order valence-electron chi connectivity index (χ0n) is 17.6. The maximum Gasteiger partial charge on any atom is 0.311 e. The lowest BCUT2D eigenvalue weighted by Crippen LogP contribution is -2.56. The van der Waals surface area contributed by atoms with Gasteiger partial charge < -0.3 is 5.11 Å². The Bertz CT molecular complexity index is 821. The van der Waals surface area contributed by atoms with E-state index in [1.54, 1.807) is 0 Å². The number of rotatable bonds is 5. The van der Waals surface area contributed by atoms with Gasteiger partial charge >= 0.3 is 5.97 Å². The second-order valence-electron chi connectivity index (χ2n) is 8.69. The third-order valence-electron chi connectivity index (χ3n) is 7.67. The number of fused-ring (bicyclic) bond motifs is 1. The molecule has 1 saturated carbocycles. The summed E-state index contributed by atoms with van der Waals surface area (Å²) in [5.41, 5.74) is 0.618. The Kier molecular flexibility index (Phi) is 5.40. The highest BCUT2D eigenvalue weighted by atomic mass is 16.4. The van der Waals surface area contributed by atoms with Crippen LogP contribution in [-0.2, 0) is 9.59 Å². The Hall–Kier alpha value is -2.16. The average molecular weight is 381 g/mol. The quantitative estimate of drug-likeness (QED) is 0.674. The molecular weight excluding hydrogens is 348 g/mol. The molecule has 0 heterocycles. The first kappa shape index (κ1) is 20.6. The highest BCUT2D eigenvalue weighted by Crippen LogP contribution is 2.65. The molecule has 3 rings (SSSR count). The first-order valence-corrected chi connectivity index (χ1v) is 10.5. The predicted molar refractivity (Wildman–Crippen MR) is 113 cm³/mol. The largest absolute Gasteiger partial charge is 0.481 e. The number of ketones is 1. The molecule has 150 valence electrons. The van der Waals surface area contributed by atoms with E-state index in [0.717, 1.165) is 5.56 Å². The molecule has 0 spiro atoms. The van der Waals surface area contributed by atoms with Crippen molar-refractivity contribution in [2.45, 2.75) is 47.5 Å². The molecule has 0 unspecified atom stereocenters. The van der Waals surface area contributed by atoms with Gasteiger partial charge in [0.2, 0.25) is 0 Å². The molecule has 6 atom stereocenters. The van der Waals surface area contributed by atoms with Crippen LogP contribution < -0.4 is 0 Å². The maximum atomic E-state index is 12.9. The van der Waals surface area contributed by atoms with Gasteiger partial charge in [0.15, 0.2) is 0 Å². The number of carbonyl (C=O) groups excluding carboxylic acids is 1. The van der Waals surface area contributed by atoms with Gasteiger partial charge in [-0.1, -0.05) is 81.8 Å². The van der Waals surface area contributed by atoms with Crippen molar-refractivity contribution in [3.05, 3.63) is 53.6 Å². The van der Waals surface area contributed by atoms with Crippen LogP contribution in [-0.4, -0.2) is 16.9 Å². The lowest BCUT2D eigenvalue weighted by molar-refractivity contribution is -0.165. The number of carbonyl (C=O) groups is 2. The van der Waals surface area contributed by atoms with E-state index in [-0.39, 0.29) is 29.5 Å². The summed E-state index contributed by atoms with van der Waals surface area (Å²) in [4.78, 5) is 25.8. The summed E-state index contributed by atoms with van der Waals surface area (Å²) in [7, 11) is 0. The number of allylic oxidation sites excluding steroid dienone is 3. The van der Waals surface area contributed by atoms with Crippen molar-refractivity contribution in [3.8, 4) is 0 Å². The third-order valence-corrected chi connectivity index (χ3v) is 7.67. The SMILES string of the molecule is CC[C@@]1(/C=C/c2ccccc2)C=C(C)[C@H]2[C@@H]([C@@H](C)C(=O)[C@@H]2C)[C@]1(CC)C(=O)O. The predicted octanol–water partition coefficient (Wildman–Crippen LogP) is 5.62. The number of carboxylic acids is 1. The summed E-state index contributed by atoms with van der Waals surface area (Å²) >= 11 is 0. The number of Topliss-reactive ketones (excluding diaryl/α,β-unsaturated/α-hetero) is 1. The minimum absolute atomic E-state index is 0.0170. The van der Waals surface area contributed by atoms with E-state index in [2.05, 4.69) is 26.0 Å². The standard InChI is InChI=1S/C25H32O3/c1-6-24(14-13-19-11-9-8-10-12-19)15-16(3)20-17(4)22(26)18(5)21(20)25(24,7-2)23(27)28/h8-15,17-18,20-21H,6-7H2,1-5H3,(H,27,28)/b14-13+/t17-,18-,20-,21-,24-,25-/m1/s1. The fourth-order valence-electron chi connectivity index (χ4n) is 6.34. The van der Waals surface area contributed by atoms with E-state index >= 15 is 0 Å². The fourth-order valence-corrected chi connectivity index (χ4v) is 6.34. The van der Waals surface area contributed by atoms with Crippen molar-refractivity contribution in [1.82, 2.24) is 0 Å². The smallest absolute Gasteiger partial charge is 0.311 e. The van der Waals surface area contributed by atoms with Crippen LogP contribution in [0.15, 0.2) is 48.1 Å². The van der Waals surface area contributed by atoms with Crippen LogP contribution in [0, 0.1) is 34.5 Å². The summed E-state index contributed by atoms with van der Waals surface area (Å²) in [6.07, 6.45) is 7.51. The molecule has 3 nitrogen and oxygen atoms in total. The summed E-state index contributed by atoms with van der Waals surface area (Å²) in [6.45, 7) is 10.0. The molecule has 3 heteroatoms. The van der Waals surface area contributed by atoms with E-state index in [9.17, 15) is 14.7 Å². The molecule has 0 amide bonds. The van der Waals surface area contributed by atoms with Crippen LogP contribution in [0.2, 0.25) is 0 Å². The number of aliphatic carboxylic acids is 1. The van der Waals surface area contributed by atoms with Crippen molar-refractivity contribution in [2.75, 3.05) is 0 Å². The lowest BCUT2D eigenvalue weighted by atomic mass is 9.47. The topological polar surface area (TPSA) is 54.4 Å². The zero-order valence-corrected chi connectivity index (χ0v) is 17.6. The van der Waals surface area contributed by atoms with Gasteiger partial charge in [0.25, 0.3) is 0 Å². The van der Waals surface area contributed by atoms with Crippen LogP contribution in [0.5, 0.6) is 0 Å². The first-order chi connectivity index (χ1) is 13.3. The second kappa shape index (κ2) is 7.35. The first-order valence-electron chi connectivity index (χ1n) is 10.5. The summed E-state index contributed by atoms with van der Waals surface area (Å²) in [5.74, 6) is -1.08.